The summed E-state index contributed by atoms with van der Waals surface area (Å²) in [5, 5.41) is 4.76. The molecule has 0 spiro atoms. The van der Waals surface area contributed by atoms with E-state index in [2.05, 4.69) is 46.5 Å². The van der Waals surface area contributed by atoms with Gasteiger partial charge in [-0.25, -0.2) is 9.37 Å². The summed E-state index contributed by atoms with van der Waals surface area (Å²) in [6.07, 6.45) is 3.84. The number of pyridine rings is 1. The fraction of sp³-hybridized carbons (Fsp3) is 0.0952. The molecular weight excluding hydrogens is 313 g/mol. The second-order valence-corrected chi connectivity index (χ2v) is 6.50. The Hall–Kier alpha value is -3.14. The molecule has 0 radical (unpaired) electrons. The van der Waals surface area contributed by atoms with E-state index in [0.29, 0.717) is 0 Å². The van der Waals surface area contributed by atoms with Crippen LogP contribution >= 0.6 is 0 Å². The number of nitrogens with one attached hydrogen (secondary N) is 2. The Morgan fingerprint density at radius 2 is 1.84 bits per heavy atom. The number of hydrogen-bond donors (Lipinski definition) is 2. The highest BCUT2D eigenvalue weighted by atomic mass is 19.1. The van der Waals surface area contributed by atoms with Crippen LogP contribution in [0.25, 0.3) is 22.2 Å². The fourth-order valence-corrected chi connectivity index (χ4v) is 3.69. The third-order valence-electron chi connectivity index (χ3n) is 4.88. The zero-order chi connectivity index (χ0) is 17.0. The quantitative estimate of drug-likeness (QED) is 0.504. The van der Waals surface area contributed by atoms with Crippen LogP contribution in [0.2, 0.25) is 0 Å². The number of anilines is 1. The highest BCUT2D eigenvalue weighted by molar-refractivity contribution is 6.01. The minimum Gasteiger partial charge on any atom is -0.374 e. The first-order chi connectivity index (χ1) is 12.2. The monoisotopic (exact) mass is 329 g/mol. The summed E-state index contributed by atoms with van der Waals surface area (Å²) in [7, 11) is 0. The van der Waals surface area contributed by atoms with Gasteiger partial charge in [-0.2, -0.15) is 0 Å². The maximum absolute atomic E-state index is 13.4. The molecule has 2 aromatic heterocycles. The van der Waals surface area contributed by atoms with Gasteiger partial charge in [0.15, 0.2) is 0 Å². The van der Waals surface area contributed by atoms with Crippen LogP contribution in [0.4, 0.5) is 10.1 Å². The molecule has 0 saturated carbocycles. The molecule has 1 aliphatic heterocycles. The number of benzene rings is 2. The lowest BCUT2D eigenvalue weighted by atomic mass is 9.96. The number of H-pyrrole nitrogens is 1. The van der Waals surface area contributed by atoms with Crippen molar-refractivity contribution in [3.8, 4) is 11.1 Å². The van der Waals surface area contributed by atoms with Crippen molar-refractivity contribution in [3.05, 3.63) is 83.4 Å². The van der Waals surface area contributed by atoms with Gasteiger partial charge >= 0.3 is 0 Å². The second kappa shape index (κ2) is 5.18. The van der Waals surface area contributed by atoms with Crippen LogP contribution in [0.1, 0.15) is 22.7 Å². The van der Waals surface area contributed by atoms with Gasteiger partial charge in [-0.3, -0.25) is 0 Å². The van der Waals surface area contributed by atoms with Crippen LogP contribution in [0, 0.1) is 12.7 Å². The first-order valence-electron chi connectivity index (χ1n) is 8.30. The summed E-state index contributed by atoms with van der Waals surface area (Å²) in [6, 6.07) is 15.1. The Morgan fingerprint density at radius 3 is 2.68 bits per heavy atom. The largest absolute Gasteiger partial charge is 0.374 e. The minimum atomic E-state index is -0.227. The predicted molar refractivity (Wildman–Crippen MR) is 98.1 cm³/mol. The summed E-state index contributed by atoms with van der Waals surface area (Å²) in [6.45, 7) is 2.10. The highest BCUT2D eigenvalue weighted by Crippen LogP contribution is 2.43. The zero-order valence-corrected chi connectivity index (χ0v) is 13.7. The average Bonchev–Trinajstić information content (AvgIpc) is 2.99. The first-order valence-corrected chi connectivity index (χ1v) is 8.30. The van der Waals surface area contributed by atoms with Crippen LogP contribution in [0.5, 0.6) is 0 Å². The molecule has 0 bridgehead atoms. The number of rotatable bonds is 1. The Morgan fingerprint density at radius 1 is 1.00 bits per heavy atom. The van der Waals surface area contributed by atoms with E-state index in [0.717, 1.165) is 39.0 Å². The number of aryl methyl sites for hydroxylation is 1. The van der Waals surface area contributed by atoms with E-state index in [1.807, 2.05) is 24.5 Å². The number of aromatic nitrogens is 2. The molecule has 25 heavy (non-hydrogen) atoms. The van der Waals surface area contributed by atoms with Crippen molar-refractivity contribution in [3.63, 3.8) is 0 Å². The summed E-state index contributed by atoms with van der Waals surface area (Å²) < 4.78 is 13.4. The van der Waals surface area contributed by atoms with Crippen molar-refractivity contribution in [2.24, 2.45) is 0 Å². The van der Waals surface area contributed by atoms with Gasteiger partial charge in [0.1, 0.15) is 11.5 Å². The van der Waals surface area contributed by atoms with Crippen molar-refractivity contribution in [2.45, 2.75) is 13.0 Å². The molecule has 2 N–H and O–H groups in total. The molecule has 0 fully saturated rings. The molecular formula is C21H16FN3. The van der Waals surface area contributed by atoms with E-state index in [4.69, 9.17) is 0 Å². The van der Waals surface area contributed by atoms with E-state index >= 15 is 0 Å². The molecule has 3 heterocycles. The zero-order valence-electron chi connectivity index (χ0n) is 13.7. The van der Waals surface area contributed by atoms with Crippen LogP contribution in [0.15, 0.2) is 60.9 Å². The van der Waals surface area contributed by atoms with Gasteiger partial charge in [-0.1, -0.05) is 23.8 Å². The number of hydrogen-bond acceptors (Lipinski definition) is 2. The predicted octanol–water partition coefficient (Wildman–Crippen LogP) is 5.19. The number of halogens is 1. The van der Waals surface area contributed by atoms with Crippen LogP contribution in [-0.4, -0.2) is 9.97 Å². The van der Waals surface area contributed by atoms with Crippen molar-refractivity contribution < 1.29 is 4.39 Å². The van der Waals surface area contributed by atoms with Gasteiger partial charge in [0.05, 0.1) is 6.04 Å². The van der Waals surface area contributed by atoms with Crippen molar-refractivity contribution >= 4 is 16.7 Å². The lowest BCUT2D eigenvalue weighted by Crippen LogP contribution is -2.11. The van der Waals surface area contributed by atoms with Gasteiger partial charge in [-0.15, -0.1) is 0 Å². The third kappa shape index (κ3) is 2.14. The Bertz CT molecular complexity index is 1100. The van der Waals surface area contributed by atoms with E-state index in [1.165, 1.54) is 17.7 Å². The van der Waals surface area contributed by atoms with E-state index in [9.17, 15) is 4.39 Å². The van der Waals surface area contributed by atoms with Gasteiger partial charge < -0.3 is 10.3 Å². The number of nitrogens with zero attached hydrogens (tertiary/aromatic N) is 1. The lowest BCUT2D eigenvalue weighted by Gasteiger charge is -2.19. The van der Waals surface area contributed by atoms with Crippen molar-refractivity contribution in [2.75, 3.05) is 5.32 Å². The van der Waals surface area contributed by atoms with Gasteiger partial charge in [-0.05, 0) is 48.4 Å². The highest BCUT2D eigenvalue weighted by Gasteiger charge is 2.25. The molecule has 122 valence electrons. The second-order valence-electron chi connectivity index (χ2n) is 6.50. The topological polar surface area (TPSA) is 40.7 Å². The molecule has 3 nitrogen and oxygen atoms in total. The lowest BCUT2D eigenvalue weighted by molar-refractivity contribution is 0.626. The Kier molecular flexibility index (Phi) is 2.95. The molecule has 0 aliphatic carbocycles. The van der Waals surface area contributed by atoms with E-state index in [-0.39, 0.29) is 11.9 Å². The number of fused-ring (bicyclic) bond motifs is 2. The van der Waals surface area contributed by atoms with Crippen LogP contribution in [0.3, 0.4) is 0 Å². The molecule has 1 atom stereocenters. The van der Waals surface area contributed by atoms with Crippen molar-refractivity contribution in [1.82, 2.24) is 9.97 Å². The smallest absolute Gasteiger partial charge is 0.138 e. The average molecular weight is 329 g/mol. The molecule has 1 unspecified atom stereocenters. The van der Waals surface area contributed by atoms with Gasteiger partial charge in [0.2, 0.25) is 0 Å². The van der Waals surface area contributed by atoms with Gasteiger partial charge in [0.25, 0.3) is 0 Å². The van der Waals surface area contributed by atoms with Crippen LogP contribution in [-0.2, 0) is 0 Å². The SMILES string of the molecule is Cc1ccc2c(c1)-c1ccnc3[nH]cc(c13)C(c1ccc(F)cc1)N2. The molecule has 0 amide bonds. The van der Waals surface area contributed by atoms with Gasteiger partial charge in [0, 0.05) is 34.6 Å². The Labute approximate surface area is 144 Å². The summed E-state index contributed by atoms with van der Waals surface area (Å²) in [5.41, 5.74) is 7.63. The standard InChI is InChI=1S/C21H16FN3/c1-12-2-7-18-16(10-12)15-8-9-23-21-19(15)17(11-24-21)20(25-18)13-3-5-14(22)6-4-13/h2-11,20,25H,1H3,(H,23,24). The van der Waals surface area contributed by atoms with Crippen molar-refractivity contribution in [1.29, 1.82) is 0 Å². The summed E-state index contributed by atoms with van der Waals surface area (Å²) in [4.78, 5) is 7.76. The summed E-state index contributed by atoms with van der Waals surface area (Å²) in [5.74, 6) is -0.227. The van der Waals surface area contributed by atoms with Crippen LogP contribution < -0.4 is 5.32 Å². The molecule has 1 aliphatic rings. The maximum atomic E-state index is 13.4. The maximum Gasteiger partial charge on any atom is 0.138 e. The third-order valence-corrected chi connectivity index (χ3v) is 4.88. The molecule has 0 saturated heterocycles. The summed E-state index contributed by atoms with van der Waals surface area (Å²) >= 11 is 0. The fourth-order valence-electron chi connectivity index (χ4n) is 3.69. The first kappa shape index (κ1) is 14.2. The normalized spacial score (nSPS) is 15.5. The minimum absolute atomic E-state index is 0.0683. The number of aromatic amines is 1. The Balaban J connectivity index is 1.83. The molecule has 4 heteroatoms. The van der Waals surface area contributed by atoms with E-state index in [1.54, 1.807) is 0 Å². The molecule has 5 rings (SSSR count). The van der Waals surface area contributed by atoms with E-state index < -0.39 is 0 Å². The molecule has 4 aromatic rings. The molecule has 2 aromatic carbocycles.